The van der Waals surface area contributed by atoms with Crippen LogP contribution < -0.4 is 14.8 Å². The summed E-state index contributed by atoms with van der Waals surface area (Å²) in [6.07, 6.45) is 1.64. The zero-order valence-corrected chi connectivity index (χ0v) is 18.9. The third-order valence-corrected chi connectivity index (χ3v) is 6.55. The van der Waals surface area contributed by atoms with E-state index in [1.165, 1.54) is 0 Å². The highest BCUT2D eigenvalue weighted by molar-refractivity contribution is 7.99. The lowest BCUT2D eigenvalue weighted by Gasteiger charge is -2.18. The van der Waals surface area contributed by atoms with Crippen molar-refractivity contribution in [1.29, 1.82) is 0 Å². The first-order valence-corrected chi connectivity index (χ1v) is 11.3. The van der Waals surface area contributed by atoms with Gasteiger partial charge in [-0.05, 0) is 48.2 Å². The van der Waals surface area contributed by atoms with Gasteiger partial charge in [-0.1, -0.05) is 42.5 Å². The van der Waals surface area contributed by atoms with E-state index in [2.05, 4.69) is 5.32 Å². The van der Waals surface area contributed by atoms with Crippen molar-refractivity contribution in [3.8, 4) is 11.5 Å². The number of methoxy groups -OCH3 is 2. The second-order valence-electron chi connectivity index (χ2n) is 7.42. The number of carbonyl (C=O) groups excluding carboxylic acids is 1. The molecule has 0 radical (unpaired) electrons. The summed E-state index contributed by atoms with van der Waals surface area (Å²) in [7, 11) is 3.28. The van der Waals surface area contributed by atoms with Crippen LogP contribution in [0.5, 0.6) is 11.5 Å². The number of fused-ring (bicyclic) bond motifs is 1. The Labute approximate surface area is 192 Å². The summed E-state index contributed by atoms with van der Waals surface area (Å²) >= 11 is 1.55. The summed E-state index contributed by atoms with van der Waals surface area (Å²) in [4.78, 5) is 13.7. The number of amides is 1. The van der Waals surface area contributed by atoms with Crippen molar-refractivity contribution in [2.75, 3.05) is 25.3 Å². The average molecular weight is 448 g/mol. The van der Waals surface area contributed by atoms with Gasteiger partial charge in [0.1, 0.15) is 5.76 Å². The predicted molar refractivity (Wildman–Crippen MR) is 129 cm³/mol. The Balaban J connectivity index is 1.41. The van der Waals surface area contributed by atoms with Gasteiger partial charge in [0.15, 0.2) is 11.5 Å². The molecular weight excluding hydrogens is 422 g/mol. The van der Waals surface area contributed by atoms with E-state index in [1.54, 1.807) is 26.0 Å². The molecule has 2 N–H and O–H groups in total. The van der Waals surface area contributed by atoms with E-state index < -0.39 is 0 Å². The second kappa shape index (κ2) is 9.83. The molecule has 3 aromatic carbocycles. The van der Waals surface area contributed by atoms with Crippen LogP contribution in [0.25, 0.3) is 5.76 Å². The lowest BCUT2D eigenvalue weighted by molar-refractivity contribution is -0.112. The van der Waals surface area contributed by atoms with Gasteiger partial charge in [-0.3, -0.25) is 4.79 Å². The number of aryl methyl sites for hydroxylation is 2. The van der Waals surface area contributed by atoms with Crippen LogP contribution in [-0.2, 0) is 17.6 Å². The number of anilines is 1. The largest absolute Gasteiger partial charge is 0.507 e. The summed E-state index contributed by atoms with van der Waals surface area (Å²) in [6.45, 7) is 0. The van der Waals surface area contributed by atoms with E-state index in [0.717, 1.165) is 40.4 Å². The quantitative estimate of drug-likeness (QED) is 0.500. The van der Waals surface area contributed by atoms with Crippen LogP contribution in [0.4, 0.5) is 5.69 Å². The van der Waals surface area contributed by atoms with Gasteiger partial charge < -0.3 is 19.9 Å². The third-order valence-electron chi connectivity index (χ3n) is 5.45. The van der Waals surface area contributed by atoms with Crippen molar-refractivity contribution in [3.05, 3.63) is 89.0 Å². The Bertz CT molecular complexity index is 1150. The normalized spacial score (nSPS) is 12.8. The molecule has 1 amide bonds. The van der Waals surface area contributed by atoms with E-state index in [0.29, 0.717) is 22.6 Å². The highest BCUT2D eigenvalue weighted by Gasteiger charge is 2.23. The van der Waals surface area contributed by atoms with Crippen molar-refractivity contribution in [2.45, 2.75) is 17.7 Å². The molecule has 6 heteroatoms. The molecule has 0 aliphatic carbocycles. The van der Waals surface area contributed by atoms with Crippen molar-refractivity contribution in [2.24, 2.45) is 0 Å². The number of hydrogen-bond acceptors (Lipinski definition) is 5. The fourth-order valence-corrected chi connectivity index (χ4v) is 4.80. The molecule has 1 aliphatic rings. The van der Waals surface area contributed by atoms with Crippen LogP contribution in [0.2, 0.25) is 0 Å². The zero-order valence-electron chi connectivity index (χ0n) is 18.1. The number of carbonyl (C=O) groups is 1. The van der Waals surface area contributed by atoms with Crippen molar-refractivity contribution >= 4 is 29.1 Å². The van der Waals surface area contributed by atoms with E-state index in [9.17, 15) is 9.90 Å². The van der Waals surface area contributed by atoms with Crippen LogP contribution in [-0.4, -0.2) is 31.0 Å². The number of rotatable bonds is 7. The zero-order chi connectivity index (χ0) is 22.5. The van der Waals surface area contributed by atoms with Gasteiger partial charge in [0, 0.05) is 21.9 Å². The fourth-order valence-electron chi connectivity index (χ4n) is 3.73. The molecule has 1 aliphatic heterocycles. The van der Waals surface area contributed by atoms with Crippen molar-refractivity contribution < 1.29 is 19.4 Å². The van der Waals surface area contributed by atoms with Gasteiger partial charge >= 0.3 is 0 Å². The lowest BCUT2D eigenvalue weighted by Crippen LogP contribution is -2.19. The molecule has 0 spiro atoms. The number of thioether (sulfide) groups is 1. The van der Waals surface area contributed by atoms with Gasteiger partial charge in [0.2, 0.25) is 0 Å². The molecule has 5 nitrogen and oxygen atoms in total. The summed E-state index contributed by atoms with van der Waals surface area (Å²) in [5.74, 6) is 1.71. The van der Waals surface area contributed by atoms with E-state index in [1.807, 2.05) is 66.7 Å². The number of ether oxygens (including phenoxy) is 2. The van der Waals surface area contributed by atoms with Crippen LogP contribution in [0.3, 0.4) is 0 Å². The van der Waals surface area contributed by atoms with E-state index in [-0.39, 0.29) is 11.7 Å². The Morgan fingerprint density at radius 3 is 2.50 bits per heavy atom. The van der Waals surface area contributed by atoms with E-state index >= 15 is 0 Å². The monoisotopic (exact) mass is 447 g/mol. The average Bonchev–Trinajstić information content (AvgIpc) is 2.83. The molecule has 0 bridgehead atoms. The molecule has 0 fully saturated rings. The number of aliphatic hydroxyl groups excluding tert-OH is 1. The van der Waals surface area contributed by atoms with Gasteiger partial charge in [-0.15, -0.1) is 11.8 Å². The van der Waals surface area contributed by atoms with Crippen LogP contribution in [0, 0.1) is 0 Å². The smallest absolute Gasteiger partial charge is 0.256 e. The summed E-state index contributed by atoms with van der Waals surface area (Å²) in [6, 6.07) is 21.2. The first-order chi connectivity index (χ1) is 15.6. The van der Waals surface area contributed by atoms with Crippen LogP contribution >= 0.6 is 11.8 Å². The predicted octanol–water partition coefficient (Wildman–Crippen LogP) is 5.50. The first-order valence-electron chi connectivity index (χ1n) is 10.3. The Hall–Kier alpha value is -3.38. The molecule has 0 atom stereocenters. The molecule has 0 saturated heterocycles. The lowest BCUT2D eigenvalue weighted by atomic mass is 10.0. The molecule has 3 aromatic rings. The van der Waals surface area contributed by atoms with Crippen molar-refractivity contribution in [1.82, 2.24) is 0 Å². The van der Waals surface area contributed by atoms with Gasteiger partial charge in [-0.25, -0.2) is 0 Å². The maximum absolute atomic E-state index is 12.7. The molecule has 1 heterocycles. The molecule has 0 unspecified atom stereocenters. The summed E-state index contributed by atoms with van der Waals surface area (Å²) in [5.41, 5.74) is 4.03. The molecular formula is C26H25NO4S. The van der Waals surface area contributed by atoms with Crippen LogP contribution in [0.15, 0.2) is 77.2 Å². The number of benzene rings is 3. The maximum atomic E-state index is 12.7. The molecule has 0 aromatic heterocycles. The summed E-state index contributed by atoms with van der Waals surface area (Å²) in [5, 5.41) is 13.5. The maximum Gasteiger partial charge on any atom is 0.256 e. The number of para-hydroxylation sites is 1. The minimum absolute atomic E-state index is 0.0562. The molecule has 4 rings (SSSR count). The minimum atomic E-state index is -0.279. The van der Waals surface area contributed by atoms with E-state index in [4.69, 9.17) is 9.47 Å². The highest BCUT2D eigenvalue weighted by atomic mass is 32.2. The third kappa shape index (κ3) is 4.60. The van der Waals surface area contributed by atoms with Gasteiger partial charge in [0.25, 0.3) is 5.91 Å². The molecule has 32 heavy (non-hydrogen) atoms. The fraction of sp³-hybridized carbons (Fsp3) is 0.192. The minimum Gasteiger partial charge on any atom is -0.507 e. The SMILES string of the molecule is COc1cccc(CCc2ccc(NC(=O)C3=C(O)c4ccccc4SC3)cc2)c1OC. The Morgan fingerprint density at radius 1 is 0.969 bits per heavy atom. The van der Waals surface area contributed by atoms with Gasteiger partial charge in [-0.2, -0.15) is 0 Å². The highest BCUT2D eigenvalue weighted by Crippen LogP contribution is 2.36. The Morgan fingerprint density at radius 2 is 1.75 bits per heavy atom. The second-order valence-corrected chi connectivity index (χ2v) is 8.43. The Kier molecular flexibility index (Phi) is 6.71. The topological polar surface area (TPSA) is 67.8 Å². The van der Waals surface area contributed by atoms with Crippen molar-refractivity contribution in [3.63, 3.8) is 0 Å². The number of hydrogen-bond donors (Lipinski definition) is 2. The standard InChI is InChI=1S/C26H25NO4S/c1-30-22-8-5-6-18(25(22)31-2)13-10-17-11-14-19(15-12-17)27-26(29)21-16-32-23-9-4-3-7-20(23)24(21)28/h3-9,11-12,14-15,28H,10,13,16H2,1-2H3,(H,27,29). The van der Waals surface area contributed by atoms with Gasteiger partial charge in [0.05, 0.1) is 19.8 Å². The summed E-state index contributed by atoms with van der Waals surface area (Å²) < 4.78 is 10.9. The molecule has 164 valence electrons. The number of nitrogens with one attached hydrogen (secondary N) is 1. The first kappa shape index (κ1) is 21.8. The van der Waals surface area contributed by atoms with Crippen LogP contribution in [0.1, 0.15) is 16.7 Å². The number of aliphatic hydroxyl groups is 1. The molecule has 0 saturated carbocycles.